The molecule has 0 radical (unpaired) electrons. The molecule has 1 unspecified atom stereocenters. The van der Waals surface area contributed by atoms with Crippen molar-refractivity contribution in [3.05, 3.63) is 0 Å². The van der Waals surface area contributed by atoms with Gasteiger partial charge in [0, 0.05) is 20.1 Å². The average molecular weight is 184 g/mol. The number of guanidine groups is 1. The van der Waals surface area contributed by atoms with Crippen LogP contribution in [-0.4, -0.2) is 31.0 Å². The fourth-order valence-corrected chi connectivity index (χ4v) is 1.77. The largest absolute Gasteiger partial charge is 0.342 e. The molecule has 0 aliphatic carbocycles. The first-order valence-electron chi connectivity index (χ1n) is 4.96. The van der Waals surface area contributed by atoms with E-state index < -0.39 is 0 Å². The molecule has 13 heavy (non-hydrogen) atoms. The number of hydrogen-bond donors (Lipinski definition) is 2. The van der Waals surface area contributed by atoms with Gasteiger partial charge in [-0.2, -0.15) is 0 Å². The molecule has 0 saturated carbocycles. The molecule has 0 amide bonds. The quantitative estimate of drug-likeness (QED) is 0.250. The van der Waals surface area contributed by atoms with E-state index in [1.165, 1.54) is 19.3 Å². The highest BCUT2D eigenvalue weighted by Crippen LogP contribution is 2.16. The predicted molar refractivity (Wildman–Crippen MR) is 55.3 cm³/mol. The molecule has 0 bridgehead atoms. The number of hydrazine groups is 1. The van der Waals surface area contributed by atoms with Crippen LogP contribution in [0.25, 0.3) is 0 Å². The van der Waals surface area contributed by atoms with Gasteiger partial charge in [0.1, 0.15) is 0 Å². The highest BCUT2D eigenvalue weighted by Gasteiger charge is 2.15. The summed E-state index contributed by atoms with van der Waals surface area (Å²) in [5.74, 6) is 7.03. The number of nitrogens with two attached hydrogens (primary N) is 1. The van der Waals surface area contributed by atoms with E-state index in [9.17, 15) is 0 Å². The van der Waals surface area contributed by atoms with Crippen molar-refractivity contribution >= 4 is 5.96 Å². The Bertz CT molecular complexity index is 178. The molecule has 1 aliphatic heterocycles. The molecule has 0 spiro atoms. The molecule has 1 atom stereocenters. The molecule has 1 rings (SSSR count). The number of nitrogens with zero attached hydrogens (tertiary/aromatic N) is 2. The van der Waals surface area contributed by atoms with E-state index in [-0.39, 0.29) is 0 Å². The lowest BCUT2D eigenvalue weighted by atomic mass is 10.0. The minimum atomic E-state index is 0.814. The van der Waals surface area contributed by atoms with Gasteiger partial charge in [-0.3, -0.25) is 10.4 Å². The first-order valence-corrected chi connectivity index (χ1v) is 4.96. The maximum absolute atomic E-state index is 5.38. The SMILES string of the molecule is CN=C(NN)N1CCCC(C)CC1. The number of rotatable bonds is 0. The first kappa shape index (κ1) is 10.3. The molecule has 0 aromatic rings. The van der Waals surface area contributed by atoms with Gasteiger partial charge >= 0.3 is 0 Å². The molecule has 76 valence electrons. The molecular weight excluding hydrogens is 164 g/mol. The van der Waals surface area contributed by atoms with Gasteiger partial charge in [0.15, 0.2) is 0 Å². The third kappa shape index (κ3) is 2.88. The van der Waals surface area contributed by atoms with E-state index in [1.54, 1.807) is 7.05 Å². The molecule has 1 heterocycles. The Hall–Kier alpha value is -0.770. The topological polar surface area (TPSA) is 53.6 Å². The summed E-state index contributed by atoms with van der Waals surface area (Å²) in [6, 6.07) is 0. The number of aliphatic imine (C=N–C) groups is 1. The van der Waals surface area contributed by atoms with E-state index in [0.29, 0.717) is 0 Å². The standard InChI is InChI=1S/C9H20N4/c1-8-4-3-6-13(7-5-8)9(11-2)12-10/h8H,3-7,10H2,1-2H3,(H,11,12). The van der Waals surface area contributed by atoms with Crippen molar-refractivity contribution < 1.29 is 0 Å². The van der Waals surface area contributed by atoms with E-state index >= 15 is 0 Å². The van der Waals surface area contributed by atoms with E-state index in [1.807, 2.05) is 0 Å². The summed E-state index contributed by atoms with van der Waals surface area (Å²) in [5.41, 5.74) is 2.64. The smallest absolute Gasteiger partial charge is 0.208 e. The maximum Gasteiger partial charge on any atom is 0.208 e. The van der Waals surface area contributed by atoms with Gasteiger partial charge in [-0.15, -0.1) is 0 Å². The van der Waals surface area contributed by atoms with Crippen LogP contribution >= 0.6 is 0 Å². The summed E-state index contributed by atoms with van der Waals surface area (Å²) >= 11 is 0. The van der Waals surface area contributed by atoms with Crippen LogP contribution < -0.4 is 11.3 Å². The van der Waals surface area contributed by atoms with Crippen LogP contribution in [0.15, 0.2) is 4.99 Å². The van der Waals surface area contributed by atoms with E-state index in [0.717, 1.165) is 25.0 Å². The Morgan fingerprint density at radius 1 is 1.46 bits per heavy atom. The van der Waals surface area contributed by atoms with Crippen LogP contribution in [0.3, 0.4) is 0 Å². The van der Waals surface area contributed by atoms with Crippen molar-refractivity contribution in [2.75, 3.05) is 20.1 Å². The van der Waals surface area contributed by atoms with Gasteiger partial charge in [-0.05, 0) is 25.2 Å². The molecule has 0 aromatic heterocycles. The summed E-state index contributed by atoms with van der Waals surface area (Å²) < 4.78 is 0. The number of hydrogen-bond acceptors (Lipinski definition) is 2. The third-order valence-corrected chi connectivity index (χ3v) is 2.66. The van der Waals surface area contributed by atoms with Crippen LogP contribution in [0.1, 0.15) is 26.2 Å². The van der Waals surface area contributed by atoms with Crippen molar-refractivity contribution in [2.45, 2.75) is 26.2 Å². The van der Waals surface area contributed by atoms with Gasteiger partial charge in [-0.1, -0.05) is 6.92 Å². The van der Waals surface area contributed by atoms with Crippen LogP contribution in [-0.2, 0) is 0 Å². The van der Waals surface area contributed by atoms with Crippen LogP contribution in [0, 0.1) is 5.92 Å². The molecule has 1 fully saturated rings. The minimum Gasteiger partial charge on any atom is -0.342 e. The maximum atomic E-state index is 5.38. The zero-order valence-electron chi connectivity index (χ0n) is 8.58. The van der Waals surface area contributed by atoms with Crippen molar-refractivity contribution in [3.8, 4) is 0 Å². The number of likely N-dealkylation sites (tertiary alicyclic amines) is 1. The molecule has 0 aromatic carbocycles. The Labute approximate surface area is 80.2 Å². The van der Waals surface area contributed by atoms with E-state index in [4.69, 9.17) is 5.84 Å². The van der Waals surface area contributed by atoms with Crippen LogP contribution in [0.2, 0.25) is 0 Å². The van der Waals surface area contributed by atoms with Gasteiger partial charge in [0.05, 0.1) is 0 Å². The van der Waals surface area contributed by atoms with E-state index in [2.05, 4.69) is 22.2 Å². The Morgan fingerprint density at radius 2 is 2.23 bits per heavy atom. The van der Waals surface area contributed by atoms with Crippen molar-refractivity contribution in [1.29, 1.82) is 0 Å². The summed E-state index contributed by atoms with van der Waals surface area (Å²) in [5, 5.41) is 0. The normalized spacial score (nSPS) is 25.6. The fraction of sp³-hybridized carbons (Fsp3) is 0.889. The highest BCUT2D eigenvalue weighted by atomic mass is 15.4. The molecule has 4 nitrogen and oxygen atoms in total. The van der Waals surface area contributed by atoms with Gasteiger partial charge in [0.25, 0.3) is 0 Å². The second kappa shape index (κ2) is 5.07. The predicted octanol–water partition coefficient (Wildman–Crippen LogP) is 0.558. The monoisotopic (exact) mass is 184 g/mol. The lowest BCUT2D eigenvalue weighted by Crippen LogP contribution is -2.45. The number of nitrogens with one attached hydrogen (secondary N) is 1. The van der Waals surface area contributed by atoms with Crippen molar-refractivity contribution in [2.24, 2.45) is 16.8 Å². The summed E-state index contributed by atoms with van der Waals surface area (Å²) in [7, 11) is 1.77. The Kier molecular flexibility index (Phi) is 4.02. The van der Waals surface area contributed by atoms with Crippen LogP contribution in [0.4, 0.5) is 0 Å². The fourth-order valence-electron chi connectivity index (χ4n) is 1.77. The average Bonchev–Trinajstić information content (AvgIpc) is 2.34. The molecule has 4 heteroatoms. The summed E-state index contributed by atoms with van der Waals surface area (Å²) in [4.78, 5) is 6.33. The third-order valence-electron chi connectivity index (χ3n) is 2.66. The summed E-state index contributed by atoms with van der Waals surface area (Å²) in [6.45, 7) is 4.45. The lowest BCUT2D eigenvalue weighted by molar-refractivity contribution is 0.410. The summed E-state index contributed by atoms with van der Waals surface area (Å²) in [6.07, 6.45) is 3.79. The second-order valence-electron chi connectivity index (χ2n) is 3.71. The molecule has 1 aliphatic rings. The molecule has 1 saturated heterocycles. The Balaban J connectivity index is 2.50. The lowest BCUT2D eigenvalue weighted by Gasteiger charge is -2.23. The van der Waals surface area contributed by atoms with Crippen LogP contribution in [0.5, 0.6) is 0 Å². The van der Waals surface area contributed by atoms with Gasteiger partial charge in [-0.25, -0.2) is 5.84 Å². The zero-order chi connectivity index (χ0) is 9.68. The first-order chi connectivity index (χ1) is 6.27. The van der Waals surface area contributed by atoms with Gasteiger partial charge in [0.2, 0.25) is 5.96 Å². The zero-order valence-corrected chi connectivity index (χ0v) is 8.58. The van der Waals surface area contributed by atoms with Crippen molar-refractivity contribution in [3.63, 3.8) is 0 Å². The second-order valence-corrected chi connectivity index (χ2v) is 3.71. The Morgan fingerprint density at radius 3 is 2.85 bits per heavy atom. The highest BCUT2D eigenvalue weighted by molar-refractivity contribution is 5.79. The molecule has 3 N–H and O–H groups in total. The minimum absolute atomic E-state index is 0.814. The van der Waals surface area contributed by atoms with Gasteiger partial charge < -0.3 is 4.90 Å². The molecular formula is C9H20N4. The van der Waals surface area contributed by atoms with Crippen molar-refractivity contribution in [1.82, 2.24) is 10.3 Å².